The summed E-state index contributed by atoms with van der Waals surface area (Å²) in [4.78, 5) is 19.5. The largest absolute Gasteiger partial charge is 0.347 e. The van der Waals surface area contributed by atoms with Gasteiger partial charge >= 0.3 is 0 Å². The summed E-state index contributed by atoms with van der Waals surface area (Å²) >= 11 is 7.36. The van der Waals surface area contributed by atoms with Gasteiger partial charge in [-0.1, -0.05) is 18.5 Å². The predicted octanol–water partition coefficient (Wildman–Crippen LogP) is 2.00. The van der Waals surface area contributed by atoms with Crippen LogP contribution in [0.2, 0.25) is 5.15 Å². The summed E-state index contributed by atoms with van der Waals surface area (Å²) in [6.07, 6.45) is 5.71. The maximum absolute atomic E-state index is 11.8. The fourth-order valence-corrected chi connectivity index (χ4v) is 2.04. The molecule has 1 rings (SSSR count). The second kappa shape index (κ2) is 6.70. The first-order valence-corrected chi connectivity index (χ1v) is 6.72. The molecule has 0 aromatic carbocycles. The molecular weight excluding hydrogens is 246 g/mol. The average Bonchev–Trinajstić information content (AvgIpc) is 2.28. The van der Waals surface area contributed by atoms with Crippen molar-refractivity contribution in [1.82, 2.24) is 15.3 Å². The van der Waals surface area contributed by atoms with Gasteiger partial charge in [0.1, 0.15) is 10.8 Å². The van der Waals surface area contributed by atoms with Gasteiger partial charge in [0.25, 0.3) is 5.91 Å². The molecule has 1 heterocycles. The summed E-state index contributed by atoms with van der Waals surface area (Å²) in [6, 6.07) is 0.156. The maximum Gasteiger partial charge on any atom is 0.271 e. The van der Waals surface area contributed by atoms with Crippen LogP contribution >= 0.6 is 23.4 Å². The van der Waals surface area contributed by atoms with Crippen LogP contribution in [0.3, 0.4) is 0 Å². The fraction of sp³-hybridized carbons (Fsp3) is 0.500. The van der Waals surface area contributed by atoms with Crippen molar-refractivity contribution in [2.45, 2.75) is 19.4 Å². The smallest absolute Gasteiger partial charge is 0.271 e. The zero-order valence-electron chi connectivity index (χ0n) is 9.24. The minimum Gasteiger partial charge on any atom is -0.347 e. The van der Waals surface area contributed by atoms with Crippen LogP contribution in [0.4, 0.5) is 0 Å². The number of halogens is 1. The number of hydrogen-bond donors (Lipinski definition) is 1. The van der Waals surface area contributed by atoms with Crippen LogP contribution in [-0.4, -0.2) is 33.9 Å². The van der Waals surface area contributed by atoms with E-state index < -0.39 is 0 Å². The summed E-state index contributed by atoms with van der Waals surface area (Å²) < 4.78 is 0. The summed E-state index contributed by atoms with van der Waals surface area (Å²) in [7, 11) is 0. The lowest BCUT2D eigenvalue weighted by Crippen LogP contribution is -2.36. The van der Waals surface area contributed by atoms with E-state index in [1.807, 2.05) is 13.2 Å². The highest BCUT2D eigenvalue weighted by Crippen LogP contribution is 2.05. The second-order valence-electron chi connectivity index (χ2n) is 3.26. The molecule has 0 aliphatic carbocycles. The van der Waals surface area contributed by atoms with Crippen LogP contribution in [0, 0.1) is 0 Å². The number of nitrogens with zero attached hydrogens (tertiary/aromatic N) is 2. The van der Waals surface area contributed by atoms with E-state index in [9.17, 15) is 4.79 Å². The minimum atomic E-state index is -0.226. The SMILES string of the molecule is CCC(CSC)NC(=O)c1cncc(Cl)n1. The Hall–Kier alpha value is -0.810. The molecule has 1 amide bonds. The van der Waals surface area contributed by atoms with Gasteiger partial charge < -0.3 is 5.32 Å². The fourth-order valence-electron chi connectivity index (χ4n) is 1.17. The number of aromatic nitrogens is 2. The van der Waals surface area contributed by atoms with Gasteiger partial charge in [-0.25, -0.2) is 4.98 Å². The molecule has 0 fully saturated rings. The monoisotopic (exact) mass is 259 g/mol. The van der Waals surface area contributed by atoms with Crippen LogP contribution < -0.4 is 5.32 Å². The molecule has 0 aliphatic heterocycles. The van der Waals surface area contributed by atoms with Crippen molar-refractivity contribution in [2.24, 2.45) is 0 Å². The zero-order valence-corrected chi connectivity index (χ0v) is 10.8. The van der Waals surface area contributed by atoms with Crippen LogP contribution in [0.5, 0.6) is 0 Å². The third kappa shape index (κ3) is 3.98. The summed E-state index contributed by atoms with van der Waals surface area (Å²) in [5.74, 6) is 0.659. The zero-order chi connectivity index (χ0) is 12.0. The van der Waals surface area contributed by atoms with E-state index in [0.29, 0.717) is 0 Å². The molecule has 16 heavy (non-hydrogen) atoms. The second-order valence-corrected chi connectivity index (χ2v) is 4.56. The Morgan fingerprint density at radius 3 is 2.94 bits per heavy atom. The third-order valence-corrected chi connectivity index (χ3v) is 2.95. The number of carbonyl (C=O) groups excluding carboxylic acids is 1. The number of rotatable bonds is 5. The van der Waals surface area contributed by atoms with E-state index in [-0.39, 0.29) is 22.8 Å². The van der Waals surface area contributed by atoms with Crippen molar-refractivity contribution in [2.75, 3.05) is 12.0 Å². The molecule has 1 unspecified atom stereocenters. The average molecular weight is 260 g/mol. The molecule has 0 radical (unpaired) electrons. The molecule has 1 aromatic heterocycles. The molecule has 0 spiro atoms. The van der Waals surface area contributed by atoms with E-state index >= 15 is 0 Å². The Balaban J connectivity index is 2.64. The highest BCUT2D eigenvalue weighted by Gasteiger charge is 2.13. The predicted molar refractivity (Wildman–Crippen MR) is 67.0 cm³/mol. The van der Waals surface area contributed by atoms with Crippen LogP contribution in [0.25, 0.3) is 0 Å². The number of carbonyl (C=O) groups is 1. The van der Waals surface area contributed by atoms with Gasteiger partial charge in [-0.2, -0.15) is 11.8 Å². The molecular formula is C10H14ClN3OS. The summed E-state index contributed by atoms with van der Waals surface area (Å²) in [6.45, 7) is 2.03. The van der Waals surface area contributed by atoms with Crippen molar-refractivity contribution < 1.29 is 4.79 Å². The maximum atomic E-state index is 11.8. The third-order valence-electron chi connectivity index (χ3n) is 2.03. The van der Waals surface area contributed by atoms with E-state index in [4.69, 9.17) is 11.6 Å². The topological polar surface area (TPSA) is 54.9 Å². The quantitative estimate of drug-likeness (QED) is 0.879. The standard InChI is InChI=1S/C10H14ClN3OS/c1-3-7(6-16-2)13-10(15)8-4-12-5-9(11)14-8/h4-5,7H,3,6H2,1-2H3,(H,13,15). The molecule has 1 aromatic rings. The molecule has 4 nitrogen and oxygen atoms in total. The number of nitrogens with one attached hydrogen (secondary N) is 1. The van der Waals surface area contributed by atoms with Crippen LogP contribution in [-0.2, 0) is 0 Å². The van der Waals surface area contributed by atoms with Crippen LogP contribution in [0.15, 0.2) is 12.4 Å². The first-order valence-electron chi connectivity index (χ1n) is 4.94. The highest BCUT2D eigenvalue weighted by atomic mass is 35.5. The Bertz CT molecular complexity index is 362. The first-order chi connectivity index (χ1) is 7.67. The van der Waals surface area contributed by atoms with Crippen LogP contribution in [0.1, 0.15) is 23.8 Å². The van der Waals surface area contributed by atoms with Crippen molar-refractivity contribution in [1.29, 1.82) is 0 Å². The van der Waals surface area contributed by atoms with Gasteiger partial charge in [-0.15, -0.1) is 0 Å². The van der Waals surface area contributed by atoms with Gasteiger partial charge in [0.2, 0.25) is 0 Å². The van der Waals surface area contributed by atoms with E-state index in [1.165, 1.54) is 12.4 Å². The Kier molecular flexibility index (Phi) is 5.55. The highest BCUT2D eigenvalue weighted by molar-refractivity contribution is 7.98. The van der Waals surface area contributed by atoms with E-state index in [1.54, 1.807) is 11.8 Å². The summed E-state index contributed by atoms with van der Waals surface area (Å²) in [5.41, 5.74) is 0.257. The van der Waals surface area contributed by atoms with Crippen molar-refractivity contribution >= 4 is 29.3 Å². The Morgan fingerprint density at radius 1 is 1.62 bits per heavy atom. The van der Waals surface area contributed by atoms with Crippen molar-refractivity contribution in [3.63, 3.8) is 0 Å². The first kappa shape index (κ1) is 13.3. The van der Waals surface area contributed by atoms with Gasteiger partial charge in [-0.3, -0.25) is 9.78 Å². The normalized spacial score (nSPS) is 12.2. The molecule has 1 atom stereocenters. The van der Waals surface area contributed by atoms with Gasteiger partial charge in [0.15, 0.2) is 0 Å². The molecule has 0 saturated heterocycles. The molecule has 0 saturated carbocycles. The lowest BCUT2D eigenvalue weighted by atomic mass is 10.2. The van der Waals surface area contributed by atoms with E-state index in [2.05, 4.69) is 15.3 Å². The molecule has 88 valence electrons. The number of thioether (sulfide) groups is 1. The molecule has 1 N–H and O–H groups in total. The van der Waals surface area contributed by atoms with Gasteiger partial charge in [0.05, 0.1) is 12.4 Å². The van der Waals surface area contributed by atoms with Crippen molar-refractivity contribution in [3.05, 3.63) is 23.2 Å². The molecule has 0 bridgehead atoms. The van der Waals surface area contributed by atoms with Gasteiger partial charge in [-0.05, 0) is 12.7 Å². The molecule has 0 aliphatic rings. The van der Waals surface area contributed by atoms with Crippen molar-refractivity contribution in [3.8, 4) is 0 Å². The number of hydrogen-bond acceptors (Lipinski definition) is 4. The Morgan fingerprint density at radius 2 is 2.38 bits per heavy atom. The lowest BCUT2D eigenvalue weighted by molar-refractivity contribution is 0.0934. The van der Waals surface area contributed by atoms with Gasteiger partial charge in [0, 0.05) is 11.8 Å². The summed E-state index contributed by atoms with van der Waals surface area (Å²) in [5, 5.41) is 3.12. The minimum absolute atomic E-state index is 0.156. The molecule has 6 heteroatoms. The number of amides is 1. The van der Waals surface area contributed by atoms with E-state index in [0.717, 1.165) is 12.2 Å². The Labute approximate surface area is 104 Å². The lowest BCUT2D eigenvalue weighted by Gasteiger charge is -2.15.